The van der Waals surface area contributed by atoms with Crippen LogP contribution in [0.4, 0.5) is 0 Å². The van der Waals surface area contributed by atoms with Gasteiger partial charge in [-0.3, -0.25) is 9.55 Å². The van der Waals surface area contributed by atoms with Gasteiger partial charge in [-0.2, -0.15) is 0 Å². The standard InChI is InChI=1S/C12H18NO5P/c1-7-11-10(6-17-12(3,4)18-11)9(5-13-7)8(2)19(14,15)16/h5,8H,6H2,1-4H3,(H2,14,15,16). The van der Waals surface area contributed by atoms with Crippen molar-refractivity contribution in [3.63, 3.8) is 0 Å². The maximum absolute atomic E-state index is 11.4. The summed E-state index contributed by atoms with van der Waals surface area (Å²) in [7, 11) is -4.22. The fourth-order valence-electron chi connectivity index (χ4n) is 2.00. The number of rotatable bonds is 2. The summed E-state index contributed by atoms with van der Waals surface area (Å²) in [5.74, 6) is -0.197. The molecule has 1 aromatic heterocycles. The Kier molecular flexibility index (Phi) is 3.47. The molecule has 0 fully saturated rings. The maximum atomic E-state index is 11.4. The van der Waals surface area contributed by atoms with Crippen molar-refractivity contribution in [2.24, 2.45) is 0 Å². The van der Waals surface area contributed by atoms with Gasteiger partial charge in [0.15, 0.2) is 0 Å². The first-order valence-electron chi connectivity index (χ1n) is 5.98. The van der Waals surface area contributed by atoms with Gasteiger partial charge in [-0.25, -0.2) is 0 Å². The second kappa shape index (κ2) is 4.56. The van der Waals surface area contributed by atoms with Crippen molar-refractivity contribution in [1.82, 2.24) is 4.98 Å². The van der Waals surface area contributed by atoms with Crippen LogP contribution < -0.4 is 4.74 Å². The molecular formula is C12H18NO5P. The van der Waals surface area contributed by atoms with Crippen molar-refractivity contribution in [2.45, 2.75) is 45.7 Å². The van der Waals surface area contributed by atoms with E-state index >= 15 is 0 Å². The molecule has 2 heterocycles. The average molecular weight is 287 g/mol. The van der Waals surface area contributed by atoms with Crippen molar-refractivity contribution in [1.29, 1.82) is 0 Å². The van der Waals surface area contributed by atoms with Crippen LogP contribution in [0.15, 0.2) is 6.20 Å². The number of aryl methyl sites for hydroxylation is 1. The number of pyridine rings is 1. The van der Waals surface area contributed by atoms with Gasteiger partial charge in [0.2, 0.25) is 5.79 Å². The van der Waals surface area contributed by atoms with Gasteiger partial charge in [0.05, 0.1) is 18.0 Å². The average Bonchev–Trinajstić information content (AvgIpc) is 2.27. The molecule has 7 heteroatoms. The Bertz CT molecular complexity index is 551. The molecule has 1 aromatic rings. The Balaban J connectivity index is 2.53. The zero-order valence-corrected chi connectivity index (χ0v) is 12.3. The minimum atomic E-state index is -4.22. The summed E-state index contributed by atoms with van der Waals surface area (Å²) in [4.78, 5) is 22.8. The minimum absolute atomic E-state index is 0.255. The van der Waals surface area contributed by atoms with Crippen LogP contribution in [0.5, 0.6) is 5.75 Å². The Morgan fingerprint density at radius 2 is 2.11 bits per heavy atom. The Morgan fingerprint density at radius 3 is 2.68 bits per heavy atom. The van der Waals surface area contributed by atoms with E-state index < -0.39 is 19.0 Å². The zero-order chi connectivity index (χ0) is 14.4. The monoisotopic (exact) mass is 287 g/mol. The highest BCUT2D eigenvalue weighted by atomic mass is 31.2. The molecule has 2 N–H and O–H groups in total. The van der Waals surface area contributed by atoms with E-state index in [9.17, 15) is 14.4 Å². The highest BCUT2D eigenvalue weighted by molar-refractivity contribution is 7.52. The molecule has 2 rings (SSSR count). The van der Waals surface area contributed by atoms with Crippen LogP contribution in [0, 0.1) is 6.92 Å². The third-order valence-corrected chi connectivity index (χ3v) is 4.50. The van der Waals surface area contributed by atoms with Crippen LogP contribution in [0.25, 0.3) is 0 Å². The first-order chi connectivity index (χ1) is 8.62. The quantitative estimate of drug-likeness (QED) is 0.811. The molecule has 1 unspecified atom stereocenters. The molecule has 0 saturated heterocycles. The summed E-state index contributed by atoms with van der Waals surface area (Å²) in [6.07, 6.45) is 1.49. The van der Waals surface area contributed by atoms with Gasteiger partial charge in [-0.15, -0.1) is 0 Å². The van der Waals surface area contributed by atoms with E-state index in [2.05, 4.69) is 4.98 Å². The summed E-state index contributed by atoms with van der Waals surface area (Å²) >= 11 is 0. The smallest absolute Gasteiger partial charge is 0.332 e. The lowest BCUT2D eigenvalue weighted by atomic mass is 10.0. The first-order valence-corrected chi connectivity index (χ1v) is 7.66. The van der Waals surface area contributed by atoms with Crippen LogP contribution in [-0.4, -0.2) is 20.6 Å². The van der Waals surface area contributed by atoms with E-state index in [1.165, 1.54) is 13.1 Å². The molecule has 106 valence electrons. The van der Waals surface area contributed by atoms with Gasteiger partial charge >= 0.3 is 7.60 Å². The highest BCUT2D eigenvalue weighted by Crippen LogP contribution is 2.53. The van der Waals surface area contributed by atoms with Gasteiger partial charge in [-0.05, 0) is 19.4 Å². The van der Waals surface area contributed by atoms with Gasteiger partial charge in [0, 0.05) is 25.6 Å². The lowest BCUT2D eigenvalue weighted by Gasteiger charge is -2.34. The normalized spacial score (nSPS) is 19.5. The van der Waals surface area contributed by atoms with Crippen molar-refractivity contribution in [3.8, 4) is 5.75 Å². The largest absolute Gasteiger partial charge is 0.461 e. The Hall–Kier alpha value is -0.940. The maximum Gasteiger partial charge on any atom is 0.332 e. The van der Waals surface area contributed by atoms with Gasteiger partial charge < -0.3 is 19.3 Å². The zero-order valence-electron chi connectivity index (χ0n) is 11.4. The number of nitrogens with zero attached hydrogens (tertiary/aromatic N) is 1. The van der Waals surface area contributed by atoms with Gasteiger partial charge in [0.1, 0.15) is 5.75 Å². The van der Waals surface area contributed by atoms with Crippen molar-refractivity contribution in [2.75, 3.05) is 0 Å². The molecule has 0 aliphatic carbocycles. The molecule has 1 aliphatic heterocycles. The molecule has 6 nitrogen and oxygen atoms in total. The van der Waals surface area contributed by atoms with E-state index in [0.717, 1.165) is 0 Å². The number of hydrogen-bond donors (Lipinski definition) is 2. The topological polar surface area (TPSA) is 88.9 Å². The van der Waals surface area contributed by atoms with Crippen LogP contribution in [-0.2, 0) is 15.9 Å². The van der Waals surface area contributed by atoms with Crippen molar-refractivity contribution >= 4 is 7.60 Å². The predicted molar refractivity (Wildman–Crippen MR) is 68.9 cm³/mol. The van der Waals surface area contributed by atoms with E-state index in [1.54, 1.807) is 20.8 Å². The van der Waals surface area contributed by atoms with Crippen LogP contribution in [0.1, 0.15) is 43.3 Å². The summed E-state index contributed by atoms with van der Waals surface area (Å²) in [5.41, 5.74) is 0.905. The SMILES string of the molecule is Cc1ncc(C(C)P(=O)(O)O)c2c1OC(C)(C)OC2. The molecule has 0 aromatic carbocycles. The van der Waals surface area contributed by atoms with Crippen LogP contribution in [0.2, 0.25) is 0 Å². The van der Waals surface area contributed by atoms with Gasteiger partial charge in [-0.1, -0.05) is 0 Å². The summed E-state index contributed by atoms with van der Waals surface area (Å²) < 4.78 is 22.7. The summed E-state index contributed by atoms with van der Waals surface area (Å²) in [6.45, 7) is 7.10. The predicted octanol–water partition coefficient (Wildman–Crippen LogP) is 2.27. The van der Waals surface area contributed by atoms with E-state index in [0.29, 0.717) is 22.6 Å². The fraction of sp³-hybridized carbons (Fsp3) is 0.583. The summed E-state index contributed by atoms with van der Waals surface area (Å²) in [5, 5.41) is 0. The molecule has 0 radical (unpaired) electrons. The van der Waals surface area contributed by atoms with Crippen molar-refractivity contribution < 1.29 is 23.8 Å². The third-order valence-electron chi connectivity index (χ3n) is 3.22. The van der Waals surface area contributed by atoms with Crippen molar-refractivity contribution in [3.05, 3.63) is 23.0 Å². The number of hydrogen-bond acceptors (Lipinski definition) is 4. The first kappa shape index (κ1) is 14.5. The summed E-state index contributed by atoms with van der Waals surface area (Å²) in [6, 6.07) is 0. The second-order valence-corrected chi connectivity index (χ2v) is 7.12. The van der Waals surface area contributed by atoms with Crippen LogP contribution >= 0.6 is 7.60 Å². The lowest BCUT2D eigenvalue weighted by molar-refractivity contribution is -0.180. The Morgan fingerprint density at radius 1 is 1.47 bits per heavy atom. The van der Waals surface area contributed by atoms with E-state index in [-0.39, 0.29) is 6.61 Å². The third kappa shape index (κ3) is 2.82. The number of fused-ring (bicyclic) bond motifs is 1. The highest BCUT2D eigenvalue weighted by Gasteiger charge is 2.35. The minimum Gasteiger partial charge on any atom is -0.461 e. The van der Waals surface area contributed by atoms with Crippen LogP contribution in [0.3, 0.4) is 0 Å². The molecule has 0 saturated carbocycles. The number of ether oxygens (including phenoxy) is 2. The Labute approximate surface area is 111 Å². The molecule has 0 bridgehead atoms. The second-order valence-electron chi connectivity index (χ2n) is 5.16. The molecule has 1 atom stereocenters. The van der Waals surface area contributed by atoms with E-state index in [4.69, 9.17) is 9.47 Å². The molecule has 19 heavy (non-hydrogen) atoms. The molecule has 0 spiro atoms. The molecule has 1 aliphatic rings. The fourth-order valence-corrected chi connectivity index (χ4v) is 2.58. The molecule has 0 amide bonds. The number of aromatic nitrogens is 1. The lowest BCUT2D eigenvalue weighted by Crippen LogP contribution is -2.36. The van der Waals surface area contributed by atoms with E-state index in [1.807, 2.05) is 0 Å². The molecular weight excluding hydrogens is 269 g/mol. The van der Waals surface area contributed by atoms with Gasteiger partial charge in [0.25, 0.3) is 0 Å².